The van der Waals surface area contributed by atoms with Gasteiger partial charge in [-0.15, -0.1) is 0 Å². The molecule has 0 aliphatic carbocycles. The number of alkyl halides is 1. The van der Waals surface area contributed by atoms with Crippen molar-refractivity contribution in [1.82, 2.24) is 9.88 Å². The predicted octanol–water partition coefficient (Wildman–Crippen LogP) is 5.32. The summed E-state index contributed by atoms with van der Waals surface area (Å²) in [5.41, 5.74) is 3.68. The molecule has 0 spiro atoms. The molecule has 34 heavy (non-hydrogen) atoms. The molecule has 4 rings (SSSR count). The highest BCUT2D eigenvalue weighted by Crippen LogP contribution is 2.35. The van der Waals surface area contributed by atoms with Gasteiger partial charge in [0.05, 0.1) is 19.2 Å². The van der Waals surface area contributed by atoms with Gasteiger partial charge in [0, 0.05) is 30.3 Å². The zero-order chi connectivity index (χ0) is 23.9. The fraction of sp³-hybridized carbons (Fsp3) is 0.414. The Labute approximate surface area is 201 Å². The van der Waals surface area contributed by atoms with E-state index in [1.54, 1.807) is 19.4 Å². The van der Waals surface area contributed by atoms with E-state index in [1.165, 1.54) is 5.56 Å². The molecule has 1 fully saturated rings. The molecule has 1 saturated heterocycles. The van der Waals surface area contributed by atoms with Crippen LogP contribution in [0.15, 0.2) is 54.7 Å². The van der Waals surface area contributed by atoms with Gasteiger partial charge < -0.3 is 9.84 Å². The quantitative estimate of drug-likeness (QED) is 0.485. The van der Waals surface area contributed by atoms with Crippen LogP contribution in [0.2, 0.25) is 0 Å². The third-order valence-electron chi connectivity index (χ3n) is 6.91. The van der Waals surface area contributed by atoms with Crippen LogP contribution in [0, 0.1) is 30.6 Å². The molecule has 0 radical (unpaired) electrons. The Morgan fingerprint density at radius 2 is 2.00 bits per heavy atom. The van der Waals surface area contributed by atoms with Gasteiger partial charge >= 0.3 is 0 Å². The summed E-state index contributed by atoms with van der Waals surface area (Å²) in [7, 11) is 1.61. The topological polar surface area (TPSA) is 45.6 Å². The van der Waals surface area contributed by atoms with E-state index in [9.17, 15) is 5.11 Å². The number of aryl methyl sites for hydroxylation is 1. The van der Waals surface area contributed by atoms with Crippen LogP contribution in [0.25, 0.3) is 10.9 Å². The molecule has 3 aromatic rings. The second-order valence-corrected chi connectivity index (χ2v) is 9.22. The number of aliphatic hydroxyl groups excluding tert-OH is 1. The Morgan fingerprint density at radius 1 is 1.18 bits per heavy atom. The largest absolute Gasteiger partial charge is 0.497 e. The van der Waals surface area contributed by atoms with Gasteiger partial charge in [-0.25, -0.2) is 4.39 Å². The lowest BCUT2D eigenvalue weighted by Gasteiger charge is -2.37. The maximum atomic E-state index is 15.4. The number of aliphatic hydroxyl groups is 1. The van der Waals surface area contributed by atoms with Gasteiger partial charge in [-0.1, -0.05) is 29.5 Å². The van der Waals surface area contributed by atoms with Gasteiger partial charge in [-0.3, -0.25) is 9.88 Å². The molecule has 0 amide bonds. The minimum absolute atomic E-state index is 0.124. The summed E-state index contributed by atoms with van der Waals surface area (Å²) in [6.07, 6.45) is 2.74. The van der Waals surface area contributed by atoms with Crippen molar-refractivity contribution >= 4 is 10.9 Å². The fourth-order valence-electron chi connectivity index (χ4n) is 4.84. The maximum absolute atomic E-state index is 15.4. The molecular formula is C29H33FN2O2. The molecule has 5 heteroatoms. The van der Waals surface area contributed by atoms with Crippen LogP contribution in [0.4, 0.5) is 4.39 Å². The molecule has 2 aromatic carbocycles. The number of likely N-dealkylation sites (tertiary alicyclic amines) is 1. The van der Waals surface area contributed by atoms with Crippen LogP contribution in [0.3, 0.4) is 0 Å². The Balaban J connectivity index is 1.33. The molecule has 1 aromatic heterocycles. The first-order valence-corrected chi connectivity index (χ1v) is 12.0. The first-order valence-electron chi connectivity index (χ1n) is 12.0. The zero-order valence-corrected chi connectivity index (χ0v) is 20.0. The van der Waals surface area contributed by atoms with Crippen molar-refractivity contribution in [3.8, 4) is 17.6 Å². The predicted molar refractivity (Wildman–Crippen MR) is 135 cm³/mol. The number of nitrogens with zero attached hydrogens (tertiary/aromatic N) is 2. The maximum Gasteiger partial charge on any atom is 0.126 e. The van der Waals surface area contributed by atoms with Crippen molar-refractivity contribution in [1.29, 1.82) is 0 Å². The van der Waals surface area contributed by atoms with Crippen molar-refractivity contribution in [3.63, 3.8) is 0 Å². The monoisotopic (exact) mass is 460 g/mol. The SMILES string of the molecule is COc1ccc2nccc([C@@H](F)CC[C@@H]3CCN(CC#Cc4ccc(C)cc4)C[C@@H]3CO)c2c1. The summed E-state index contributed by atoms with van der Waals surface area (Å²) in [6, 6.07) is 15.6. The average Bonchev–Trinajstić information content (AvgIpc) is 2.88. The summed E-state index contributed by atoms with van der Waals surface area (Å²) in [4.78, 5) is 6.66. The van der Waals surface area contributed by atoms with Crippen LogP contribution in [0.5, 0.6) is 5.75 Å². The smallest absolute Gasteiger partial charge is 0.126 e. The summed E-state index contributed by atoms with van der Waals surface area (Å²) in [6.45, 7) is 4.61. The number of hydrogen-bond donors (Lipinski definition) is 1. The van der Waals surface area contributed by atoms with E-state index in [0.717, 1.165) is 42.4 Å². The molecular weight excluding hydrogens is 427 g/mol. The normalized spacial score (nSPS) is 19.4. The number of halogens is 1. The summed E-state index contributed by atoms with van der Waals surface area (Å²) in [5, 5.41) is 10.8. The summed E-state index contributed by atoms with van der Waals surface area (Å²) >= 11 is 0. The number of ether oxygens (including phenoxy) is 1. The molecule has 2 heterocycles. The van der Waals surface area contributed by atoms with Crippen LogP contribution in [-0.4, -0.2) is 48.3 Å². The van der Waals surface area contributed by atoms with Crippen LogP contribution in [0.1, 0.15) is 42.1 Å². The number of rotatable bonds is 7. The Bertz CT molecular complexity index is 1150. The summed E-state index contributed by atoms with van der Waals surface area (Å²) in [5.74, 6) is 7.66. The van der Waals surface area contributed by atoms with E-state index in [1.807, 2.05) is 30.3 Å². The van der Waals surface area contributed by atoms with Gasteiger partial charge in [0.1, 0.15) is 11.9 Å². The minimum atomic E-state index is -1.07. The zero-order valence-electron chi connectivity index (χ0n) is 20.0. The first-order chi connectivity index (χ1) is 16.6. The number of fused-ring (bicyclic) bond motifs is 1. The number of benzene rings is 2. The van der Waals surface area contributed by atoms with Gasteiger partial charge in [-0.05, 0) is 86.5 Å². The van der Waals surface area contributed by atoms with E-state index < -0.39 is 6.17 Å². The van der Waals surface area contributed by atoms with Crippen LogP contribution < -0.4 is 4.74 Å². The minimum Gasteiger partial charge on any atom is -0.497 e. The Morgan fingerprint density at radius 3 is 2.76 bits per heavy atom. The van der Waals surface area contributed by atoms with E-state index in [4.69, 9.17) is 4.74 Å². The van der Waals surface area contributed by atoms with E-state index in [-0.39, 0.29) is 12.5 Å². The van der Waals surface area contributed by atoms with Gasteiger partial charge in [0.25, 0.3) is 0 Å². The molecule has 3 atom stereocenters. The molecule has 1 aliphatic heterocycles. The first kappa shape index (κ1) is 24.2. The number of piperidine rings is 1. The highest BCUT2D eigenvalue weighted by Gasteiger charge is 2.29. The van der Waals surface area contributed by atoms with E-state index in [0.29, 0.717) is 30.2 Å². The number of aromatic nitrogens is 1. The lowest BCUT2D eigenvalue weighted by atomic mass is 9.81. The van der Waals surface area contributed by atoms with Crippen LogP contribution >= 0.6 is 0 Å². The van der Waals surface area contributed by atoms with Gasteiger partial charge in [-0.2, -0.15) is 0 Å². The van der Waals surface area contributed by atoms with Crippen molar-refractivity contribution in [2.24, 2.45) is 11.8 Å². The van der Waals surface area contributed by atoms with Crippen molar-refractivity contribution in [2.75, 3.05) is 33.4 Å². The number of methoxy groups -OCH3 is 1. The average molecular weight is 461 g/mol. The Kier molecular flexibility index (Phi) is 8.16. The van der Waals surface area contributed by atoms with Gasteiger partial charge in [0.2, 0.25) is 0 Å². The van der Waals surface area contributed by atoms with E-state index in [2.05, 4.69) is 40.8 Å². The van der Waals surface area contributed by atoms with E-state index >= 15 is 4.39 Å². The lowest BCUT2D eigenvalue weighted by Crippen LogP contribution is -2.42. The number of hydrogen-bond acceptors (Lipinski definition) is 4. The van der Waals surface area contributed by atoms with Crippen LogP contribution in [-0.2, 0) is 0 Å². The molecule has 1 aliphatic rings. The molecule has 178 valence electrons. The lowest BCUT2D eigenvalue weighted by molar-refractivity contribution is 0.0708. The highest BCUT2D eigenvalue weighted by atomic mass is 19.1. The second-order valence-electron chi connectivity index (χ2n) is 9.22. The third-order valence-corrected chi connectivity index (χ3v) is 6.91. The molecule has 0 saturated carbocycles. The fourth-order valence-corrected chi connectivity index (χ4v) is 4.84. The second kappa shape index (κ2) is 11.5. The molecule has 1 N–H and O–H groups in total. The number of pyridine rings is 1. The highest BCUT2D eigenvalue weighted by molar-refractivity contribution is 5.83. The Hall–Kier alpha value is -2.94. The van der Waals surface area contributed by atoms with Crippen molar-refractivity contribution in [3.05, 3.63) is 71.4 Å². The third kappa shape index (κ3) is 5.94. The molecule has 4 nitrogen and oxygen atoms in total. The van der Waals surface area contributed by atoms with Crippen molar-refractivity contribution in [2.45, 2.75) is 32.4 Å². The molecule has 0 bridgehead atoms. The van der Waals surface area contributed by atoms with Gasteiger partial charge in [0.15, 0.2) is 0 Å². The summed E-state index contributed by atoms with van der Waals surface area (Å²) < 4.78 is 20.7. The van der Waals surface area contributed by atoms with Crippen molar-refractivity contribution < 1.29 is 14.2 Å². The molecule has 0 unspecified atom stereocenters. The standard InChI is InChI=1S/C29H33FN2O2/c1-21-5-7-22(8-6-21)4-3-16-32-17-14-23(24(19-32)20-33)9-11-28(30)26-13-15-31-29-12-10-25(34-2)18-27(26)29/h5-8,10,12-13,15,18,23-24,28,33H,9,11,14,16-17,19-20H2,1-2H3/t23-,24-,28+/m1/s1.